The van der Waals surface area contributed by atoms with Crippen molar-refractivity contribution in [1.29, 1.82) is 0 Å². The van der Waals surface area contributed by atoms with E-state index in [1.54, 1.807) is 6.20 Å². The lowest BCUT2D eigenvalue weighted by atomic mass is 9.99. The smallest absolute Gasteiger partial charge is 0.294 e. The molecule has 22 heavy (non-hydrogen) atoms. The molecule has 1 unspecified atom stereocenters. The molecule has 0 spiro atoms. The van der Waals surface area contributed by atoms with Crippen molar-refractivity contribution in [2.24, 2.45) is 0 Å². The first-order valence-electron chi connectivity index (χ1n) is 8.06. The second-order valence-corrected chi connectivity index (χ2v) is 8.11. The molecule has 0 bridgehead atoms. The van der Waals surface area contributed by atoms with E-state index in [2.05, 4.69) is 4.98 Å². The molecule has 5 nitrogen and oxygen atoms in total. The predicted molar refractivity (Wildman–Crippen MR) is 87.6 cm³/mol. The van der Waals surface area contributed by atoms with Crippen LogP contribution in [0.3, 0.4) is 0 Å². The minimum Gasteiger partial charge on any atom is -0.294 e. The van der Waals surface area contributed by atoms with Crippen LogP contribution in [0, 0.1) is 0 Å². The molecule has 0 aromatic carbocycles. The predicted octanol–water partition coefficient (Wildman–Crippen LogP) is 4.57. The average molecular weight is 326 g/mol. The Morgan fingerprint density at radius 3 is 2.45 bits per heavy atom. The van der Waals surface area contributed by atoms with Gasteiger partial charge in [0.15, 0.2) is 0 Å². The van der Waals surface area contributed by atoms with E-state index in [4.69, 9.17) is 9.05 Å². The summed E-state index contributed by atoms with van der Waals surface area (Å²) in [5.41, 5.74) is 1.07. The van der Waals surface area contributed by atoms with Gasteiger partial charge in [0, 0.05) is 25.0 Å². The van der Waals surface area contributed by atoms with E-state index in [0.29, 0.717) is 0 Å². The van der Waals surface area contributed by atoms with E-state index in [0.717, 1.165) is 31.4 Å². The minimum absolute atomic E-state index is 0.0331. The maximum atomic E-state index is 13.4. The van der Waals surface area contributed by atoms with Crippen LogP contribution in [0.25, 0.3) is 0 Å². The van der Waals surface area contributed by atoms with Gasteiger partial charge in [-0.1, -0.05) is 12.5 Å². The number of hydrogen-bond donors (Lipinski definition) is 0. The maximum absolute atomic E-state index is 13.4. The van der Waals surface area contributed by atoms with Crippen LogP contribution in [-0.2, 0) is 13.6 Å². The van der Waals surface area contributed by atoms with E-state index in [1.807, 2.05) is 50.7 Å². The molecule has 1 aliphatic rings. The van der Waals surface area contributed by atoms with Gasteiger partial charge in [0.25, 0.3) is 0 Å². The zero-order valence-corrected chi connectivity index (χ0v) is 14.8. The number of rotatable bonds is 6. The zero-order valence-electron chi connectivity index (χ0n) is 13.9. The fourth-order valence-electron chi connectivity index (χ4n) is 2.80. The second kappa shape index (κ2) is 7.69. The summed E-state index contributed by atoms with van der Waals surface area (Å²) < 4.78 is 26.9. The van der Waals surface area contributed by atoms with Gasteiger partial charge in [0.05, 0.1) is 12.2 Å². The second-order valence-electron chi connectivity index (χ2n) is 6.24. The van der Waals surface area contributed by atoms with Crippen LogP contribution in [0.15, 0.2) is 24.5 Å². The number of pyridine rings is 1. The molecule has 124 valence electrons. The van der Waals surface area contributed by atoms with Crippen molar-refractivity contribution >= 4 is 7.75 Å². The van der Waals surface area contributed by atoms with E-state index in [-0.39, 0.29) is 18.2 Å². The van der Waals surface area contributed by atoms with Gasteiger partial charge < -0.3 is 0 Å². The monoisotopic (exact) mass is 326 g/mol. The molecule has 0 aliphatic carbocycles. The fraction of sp³-hybridized carbons (Fsp3) is 0.688. The number of hydrogen-bond acceptors (Lipinski definition) is 4. The third kappa shape index (κ3) is 4.39. The SMILES string of the molecule is CC(C)OP(=O)(OC(C)C)N1CCCCC1c1cccnc1. The summed E-state index contributed by atoms with van der Waals surface area (Å²) in [6, 6.07) is 3.98. The van der Waals surface area contributed by atoms with Crippen LogP contribution in [0.2, 0.25) is 0 Å². The fourth-order valence-corrected chi connectivity index (χ4v) is 5.13. The van der Waals surface area contributed by atoms with Gasteiger partial charge in [-0.15, -0.1) is 0 Å². The Morgan fingerprint density at radius 2 is 1.91 bits per heavy atom. The van der Waals surface area contributed by atoms with Gasteiger partial charge in [-0.2, -0.15) is 0 Å². The lowest BCUT2D eigenvalue weighted by Crippen LogP contribution is -2.33. The molecule has 0 saturated carbocycles. The van der Waals surface area contributed by atoms with Crippen LogP contribution in [0.5, 0.6) is 0 Å². The highest BCUT2D eigenvalue weighted by Crippen LogP contribution is 2.59. The van der Waals surface area contributed by atoms with Crippen LogP contribution >= 0.6 is 7.75 Å². The Kier molecular flexibility index (Phi) is 6.16. The Bertz CT molecular complexity index is 493. The summed E-state index contributed by atoms with van der Waals surface area (Å²) in [4.78, 5) is 4.20. The summed E-state index contributed by atoms with van der Waals surface area (Å²) >= 11 is 0. The lowest BCUT2D eigenvalue weighted by molar-refractivity contribution is 0.0838. The first kappa shape index (κ1) is 17.6. The topological polar surface area (TPSA) is 51.7 Å². The minimum atomic E-state index is -3.32. The van der Waals surface area contributed by atoms with Gasteiger partial charge in [-0.3, -0.25) is 14.0 Å². The first-order chi connectivity index (χ1) is 10.4. The van der Waals surface area contributed by atoms with E-state index < -0.39 is 7.75 Å². The molecule has 6 heteroatoms. The van der Waals surface area contributed by atoms with Crippen molar-refractivity contribution in [2.75, 3.05) is 6.54 Å². The average Bonchev–Trinajstić information content (AvgIpc) is 2.46. The lowest BCUT2D eigenvalue weighted by Gasteiger charge is -2.40. The molecular formula is C16H27N2O3P. The first-order valence-corrected chi connectivity index (χ1v) is 9.56. The van der Waals surface area contributed by atoms with Crippen molar-refractivity contribution in [3.63, 3.8) is 0 Å². The highest BCUT2D eigenvalue weighted by molar-refractivity contribution is 7.51. The van der Waals surface area contributed by atoms with Crippen molar-refractivity contribution in [3.8, 4) is 0 Å². The maximum Gasteiger partial charge on any atom is 0.409 e. The summed E-state index contributed by atoms with van der Waals surface area (Å²) in [6.07, 6.45) is 6.35. The van der Waals surface area contributed by atoms with Gasteiger partial charge in [-0.25, -0.2) is 9.24 Å². The van der Waals surface area contributed by atoms with Crippen LogP contribution < -0.4 is 0 Å². The van der Waals surface area contributed by atoms with Crippen molar-refractivity contribution in [1.82, 2.24) is 9.65 Å². The third-order valence-corrected chi connectivity index (χ3v) is 6.03. The molecule has 0 N–H and O–H groups in total. The van der Waals surface area contributed by atoms with Crippen molar-refractivity contribution < 1.29 is 13.6 Å². The van der Waals surface area contributed by atoms with Crippen LogP contribution in [0.4, 0.5) is 0 Å². The Hall–Kier alpha value is -0.740. The molecule has 2 heterocycles. The molecule has 0 radical (unpaired) electrons. The van der Waals surface area contributed by atoms with Gasteiger partial charge in [0.1, 0.15) is 0 Å². The molecule has 0 amide bonds. The number of aromatic nitrogens is 1. The normalized spacial score (nSPS) is 20.7. The standard InChI is InChI=1S/C16H27N2O3P/c1-13(2)20-22(19,21-14(3)4)18-11-6-5-9-16(18)15-8-7-10-17-12-15/h7-8,10,12-14,16H,5-6,9,11H2,1-4H3. The van der Waals surface area contributed by atoms with E-state index >= 15 is 0 Å². The molecule has 2 rings (SSSR count). The Morgan fingerprint density at radius 1 is 1.23 bits per heavy atom. The van der Waals surface area contributed by atoms with Crippen molar-refractivity contribution in [2.45, 2.75) is 65.2 Å². The zero-order chi connectivity index (χ0) is 16.2. The van der Waals surface area contributed by atoms with Crippen LogP contribution in [0.1, 0.15) is 58.6 Å². The molecule has 1 saturated heterocycles. The number of piperidine rings is 1. The molecule has 1 fully saturated rings. The van der Waals surface area contributed by atoms with Gasteiger partial charge >= 0.3 is 7.75 Å². The van der Waals surface area contributed by atoms with Gasteiger partial charge in [-0.05, 0) is 52.2 Å². The molecule has 1 aromatic rings. The summed E-state index contributed by atoms with van der Waals surface area (Å²) in [5.74, 6) is 0. The molecule has 1 aromatic heterocycles. The Balaban J connectivity index is 2.32. The third-order valence-electron chi connectivity index (χ3n) is 3.55. The molecular weight excluding hydrogens is 299 g/mol. The summed E-state index contributed by atoms with van der Waals surface area (Å²) in [5, 5.41) is 0. The largest absolute Gasteiger partial charge is 0.409 e. The van der Waals surface area contributed by atoms with E-state index in [1.165, 1.54) is 0 Å². The summed E-state index contributed by atoms with van der Waals surface area (Å²) in [6.45, 7) is 8.27. The van der Waals surface area contributed by atoms with E-state index in [9.17, 15) is 4.57 Å². The Labute approximate surface area is 133 Å². The quantitative estimate of drug-likeness (QED) is 0.717. The molecule has 1 atom stereocenters. The van der Waals surface area contributed by atoms with Gasteiger partial charge in [0.2, 0.25) is 0 Å². The highest BCUT2D eigenvalue weighted by atomic mass is 31.2. The summed E-state index contributed by atoms with van der Waals surface area (Å²) in [7, 11) is -3.32. The van der Waals surface area contributed by atoms with Crippen molar-refractivity contribution in [3.05, 3.63) is 30.1 Å². The van der Waals surface area contributed by atoms with Crippen LogP contribution in [-0.4, -0.2) is 28.4 Å². The highest BCUT2D eigenvalue weighted by Gasteiger charge is 2.42. The number of nitrogens with zero attached hydrogens (tertiary/aromatic N) is 2. The molecule has 1 aliphatic heterocycles.